The third-order valence-corrected chi connectivity index (χ3v) is 3.71. The van der Waals surface area contributed by atoms with Crippen LogP contribution in [0, 0.1) is 6.92 Å². The summed E-state index contributed by atoms with van der Waals surface area (Å²) in [5, 5.41) is 3.95. The minimum atomic E-state index is 0.297. The number of aryl methyl sites for hydroxylation is 1. The summed E-state index contributed by atoms with van der Waals surface area (Å²) in [6.45, 7) is 6.14. The summed E-state index contributed by atoms with van der Waals surface area (Å²) in [5.41, 5.74) is 7.68. The Morgan fingerprint density at radius 2 is 2.17 bits per heavy atom. The molecule has 0 saturated heterocycles. The molecule has 0 bridgehead atoms. The van der Waals surface area contributed by atoms with E-state index in [9.17, 15) is 0 Å². The molecule has 0 aliphatic carbocycles. The maximum Gasteiger partial charge on any atom is 0.237 e. The van der Waals surface area contributed by atoms with Crippen molar-refractivity contribution in [3.63, 3.8) is 0 Å². The normalized spacial score (nSPS) is 11.1. The molecule has 5 heteroatoms. The van der Waals surface area contributed by atoms with Crippen LogP contribution in [-0.2, 0) is 5.75 Å². The van der Waals surface area contributed by atoms with Crippen molar-refractivity contribution in [3.05, 3.63) is 35.5 Å². The van der Waals surface area contributed by atoms with Gasteiger partial charge in [0, 0.05) is 16.5 Å². The summed E-state index contributed by atoms with van der Waals surface area (Å²) < 4.78 is 5.20. The van der Waals surface area contributed by atoms with E-state index in [1.807, 2.05) is 39.0 Å². The number of benzene rings is 1. The highest BCUT2D eigenvalue weighted by molar-refractivity contribution is 7.98. The van der Waals surface area contributed by atoms with E-state index in [1.165, 1.54) is 10.5 Å². The largest absolute Gasteiger partial charge is 0.399 e. The van der Waals surface area contributed by atoms with Crippen LogP contribution in [0.15, 0.2) is 27.6 Å². The molecule has 0 aliphatic rings. The second-order valence-electron chi connectivity index (χ2n) is 4.51. The Balaban J connectivity index is 2.02. The number of rotatable bonds is 4. The Labute approximate surface area is 111 Å². The standard InChI is InChI=1S/C13H17N3OS/c1-8(2)13-15-12(17-16-13)7-18-11-5-4-10(14)6-9(11)3/h4-6,8H,7,14H2,1-3H3. The van der Waals surface area contributed by atoms with Gasteiger partial charge in [0.2, 0.25) is 5.89 Å². The molecule has 0 atom stereocenters. The fourth-order valence-corrected chi connectivity index (χ4v) is 2.38. The van der Waals surface area contributed by atoms with Crippen molar-refractivity contribution in [1.29, 1.82) is 0 Å². The molecule has 0 fully saturated rings. The van der Waals surface area contributed by atoms with E-state index in [0.29, 0.717) is 17.6 Å². The van der Waals surface area contributed by atoms with Crippen LogP contribution in [0.5, 0.6) is 0 Å². The second kappa shape index (κ2) is 5.44. The summed E-state index contributed by atoms with van der Waals surface area (Å²) in [6, 6.07) is 5.90. The molecule has 0 amide bonds. The van der Waals surface area contributed by atoms with E-state index in [0.717, 1.165) is 11.5 Å². The van der Waals surface area contributed by atoms with Crippen LogP contribution in [0.2, 0.25) is 0 Å². The van der Waals surface area contributed by atoms with Crippen molar-refractivity contribution >= 4 is 17.4 Å². The van der Waals surface area contributed by atoms with Crippen LogP contribution in [0.4, 0.5) is 5.69 Å². The minimum Gasteiger partial charge on any atom is -0.399 e. The summed E-state index contributed by atoms with van der Waals surface area (Å²) in [4.78, 5) is 5.54. The molecule has 4 nitrogen and oxygen atoms in total. The van der Waals surface area contributed by atoms with Crippen LogP contribution in [-0.4, -0.2) is 10.1 Å². The first-order valence-corrected chi connectivity index (χ1v) is 6.86. The number of nitrogens with two attached hydrogens (primary N) is 1. The molecule has 1 heterocycles. The van der Waals surface area contributed by atoms with Crippen LogP contribution in [0.1, 0.15) is 37.0 Å². The molecule has 0 saturated carbocycles. The van der Waals surface area contributed by atoms with Gasteiger partial charge < -0.3 is 10.3 Å². The van der Waals surface area contributed by atoms with Gasteiger partial charge in [-0.05, 0) is 30.7 Å². The third kappa shape index (κ3) is 3.04. The van der Waals surface area contributed by atoms with E-state index in [1.54, 1.807) is 11.8 Å². The fraction of sp³-hybridized carbons (Fsp3) is 0.385. The fourth-order valence-electron chi connectivity index (χ4n) is 1.54. The van der Waals surface area contributed by atoms with Crippen molar-refractivity contribution < 1.29 is 4.52 Å². The molecule has 0 unspecified atom stereocenters. The minimum absolute atomic E-state index is 0.297. The van der Waals surface area contributed by atoms with E-state index in [-0.39, 0.29) is 0 Å². The van der Waals surface area contributed by atoms with E-state index < -0.39 is 0 Å². The molecule has 1 aromatic heterocycles. The van der Waals surface area contributed by atoms with E-state index in [4.69, 9.17) is 10.3 Å². The topological polar surface area (TPSA) is 64.9 Å². The second-order valence-corrected chi connectivity index (χ2v) is 5.53. The summed E-state index contributed by atoms with van der Waals surface area (Å²) in [5.74, 6) is 2.41. The van der Waals surface area contributed by atoms with Crippen molar-refractivity contribution in [2.45, 2.75) is 37.3 Å². The zero-order chi connectivity index (χ0) is 13.1. The Bertz CT molecular complexity index is 537. The maximum absolute atomic E-state index is 5.72. The smallest absolute Gasteiger partial charge is 0.237 e. The number of nitrogen functional groups attached to an aromatic ring is 1. The third-order valence-electron chi connectivity index (χ3n) is 2.55. The van der Waals surface area contributed by atoms with Gasteiger partial charge in [0.15, 0.2) is 5.82 Å². The number of hydrogen-bond donors (Lipinski definition) is 1. The Morgan fingerprint density at radius 1 is 1.39 bits per heavy atom. The van der Waals surface area contributed by atoms with E-state index >= 15 is 0 Å². The van der Waals surface area contributed by atoms with Gasteiger partial charge >= 0.3 is 0 Å². The number of hydrogen-bond acceptors (Lipinski definition) is 5. The molecule has 1 aromatic carbocycles. The lowest BCUT2D eigenvalue weighted by molar-refractivity contribution is 0.383. The predicted molar refractivity (Wildman–Crippen MR) is 73.5 cm³/mol. The van der Waals surface area contributed by atoms with Gasteiger partial charge in [-0.3, -0.25) is 0 Å². The monoisotopic (exact) mass is 263 g/mol. The lowest BCUT2D eigenvalue weighted by Crippen LogP contribution is -1.90. The van der Waals surface area contributed by atoms with Gasteiger partial charge in [-0.2, -0.15) is 4.98 Å². The SMILES string of the molecule is Cc1cc(N)ccc1SCc1nc(C(C)C)no1. The molecule has 2 rings (SSSR count). The average Bonchev–Trinajstić information content (AvgIpc) is 2.76. The summed E-state index contributed by atoms with van der Waals surface area (Å²) in [6.07, 6.45) is 0. The van der Waals surface area contributed by atoms with Gasteiger partial charge in [0.25, 0.3) is 0 Å². The van der Waals surface area contributed by atoms with Gasteiger partial charge in [-0.15, -0.1) is 11.8 Å². The van der Waals surface area contributed by atoms with Crippen LogP contribution in [0.25, 0.3) is 0 Å². The van der Waals surface area contributed by atoms with Gasteiger partial charge in [-0.1, -0.05) is 19.0 Å². The Hall–Kier alpha value is -1.49. The molecular weight excluding hydrogens is 246 g/mol. The first kappa shape index (κ1) is 13.0. The Morgan fingerprint density at radius 3 is 2.78 bits per heavy atom. The number of anilines is 1. The van der Waals surface area contributed by atoms with Crippen LogP contribution < -0.4 is 5.73 Å². The molecule has 2 aromatic rings. The highest BCUT2D eigenvalue weighted by atomic mass is 32.2. The molecule has 96 valence electrons. The quantitative estimate of drug-likeness (QED) is 0.676. The van der Waals surface area contributed by atoms with Crippen LogP contribution in [0.3, 0.4) is 0 Å². The predicted octanol–water partition coefficient (Wildman–Crippen LogP) is 3.38. The number of thioether (sulfide) groups is 1. The first-order valence-electron chi connectivity index (χ1n) is 5.87. The highest BCUT2D eigenvalue weighted by Gasteiger charge is 2.10. The van der Waals surface area contributed by atoms with E-state index in [2.05, 4.69) is 10.1 Å². The molecule has 0 spiro atoms. The summed E-state index contributed by atoms with van der Waals surface area (Å²) in [7, 11) is 0. The average molecular weight is 263 g/mol. The van der Waals surface area contributed by atoms with Gasteiger partial charge in [-0.25, -0.2) is 0 Å². The number of nitrogens with zero attached hydrogens (tertiary/aromatic N) is 2. The molecule has 0 radical (unpaired) electrons. The maximum atomic E-state index is 5.72. The lowest BCUT2D eigenvalue weighted by atomic mass is 10.2. The molecular formula is C13H17N3OS. The molecule has 18 heavy (non-hydrogen) atoms. The zero-order valence-electron chi connectivity index (χ0n) is 10.8. The van der Waals surface area contributed by atoms with Gasteiger partial charge in [0.1, 0.15) is 0 Å². The van der Waals surface area contributed by atoms with Crippen molar-refractivity contribution in [1.82, 2.24) is 10.1 Å². The van der Waals surface area contributed by atoms with Crippen molar-refractivity contribution in [3.8, 4) is 0 Å². The zero-order valence-corrected chi connectivity index (χ0v) is 11.6. The Kier molecular flexibility index (Phi) is 3.91. The molecule has 0 aliphatic heterocycles. The first-order chi connectivity index (χ1) is 8.56. The van der Waals surface area contributed by atoms with Crippen molar-refractivity contribution in [2.75, 3.05) is 5.73 Å². The van der Waals surface area contributed by atoms with Crippen LogP contribution >= 0.6 is 11.8 Å². The summed E-state index contributed by atoms with van der Waals surface area (Å²) >= 11 is 1.68. The van der Waals surface area contributed by atoms with Crippen molar-refractivity contribution in [2.24, 2.45) is 0 Å². The van der Waals surface area contributed by atoms with Gasteiger partial charge in [0.05, 0.1) is 5.75 Å². The number of aromatic nitrogens is 2. The highest BCUT2D eigenvalue weighted by Crippen LogP contribution is 2.27. The molecule has 2 N–H and O–H groups in total. The lowest BCUT2D eigenvalue weighted by Gasteiger charge is -2.04.